The summed E-state index contributed by atoms with van der Waals surface area (Å²) < 4.78 is 1.61. The lowest BCUT2D eigenvalue weighted by atomic mass is 10.1. The number of nitrogens with zero attached hydrogens (tertiary/aromatic N) is 4. The lowest BCUT2D eigenvalue weighted by molar-refractivity contribution is 0.0665. The van der Waals surface area contributed by atoms with E-state index in [1.165, 1.54) is 0 Å². The highest BCUT2D eigenvalue weighted by atomic mass is 16.2. The zero-order chi connectivity index (χ0) is 14.9. The number of amides is 1. The summed E-state index contributed by atoms with van der Waals surface area (Å²) in [6.07, 6.45) is 1.95. The van der Waals surface area contributed by atoms with Gasteiger partial charge in [0, 0.05) is 26.2 Å². The third-order valence-corrected chi connectivity index (χ3v) is 4.11. The first-order chi connectivity index (χ1) is 9.45. The van der Waals surface area contributed by atoms with Crippen LogP contribution in [0.15, 0.2) is 0 Å². The number of hydrogen-bond acceptors (Lipinski definition) is 4. The van der Waals surface area contributed by atoms with E-state index in [4.69, 9.17) is 5.73 Å². The van der Waals surface area contributed by atoms with Crippen LogP contribution in [0.1, 0.15) is 35.9 Å². The van der Waals surface area contributed by atoms with Gasteiger partial charge in [-0.3, -0.25) is 9.48 Å². The molecule has 0 radical (unpaired) electrons. The highest BCUT2D eigenvalue weighted by Gasteiger charge is 2.30. The topological polar surface area (TPSA) is 67.4 Å². The van der Waals surface area contributed by atoms with Gasteiger partial charge in [-0.05, 0) is 33.4 Å². The summed E-state index contributed by atoms with van der Waals surface area (Å²) in [7, 11) is 3.89. The summed E-state index contributed by atoms with van der Waals surface area (Å²) in [6.45, 7) is 6.69. The van der Waals surface area contributed by atoms with Crippen LogP contribution in [0.25, 0.3) is 0 Å². The number of anilines is 1. The van der Waals surface area contributed by atoms with E-state index >= 15 is 0 Å². The van der Waals surface area contributed by atoms with E-state index in [0.717, 1.165) is 38.2 Å². The molecule has 1 unspecified atom stereocenters. The SMILES string of the molecule is CCC1CN(C)CCCN1C(=O)c1c(N)c(C)nn1C. The molecule has 0 aliphatic carbocycles. The van der Waals surface area contributed by atoms with Crippen molar-refractivity contribution >= 4 is 11.6 Å². The Morgan fingerprint density at radius 3 is 2.65 bits per heavy atom. The molecule has 2 heterocycles. The van der Waals surface area contributed by atoms with Crippen LogP contribution < -0.4 is 5.73 Å². The van der Waals surface area contributed by atoms with Gasteiger partial charge in [0.1, 0.15) is 5.69 Å². The molecule has 2 N–H and O–H groups in total. The maximum Gasteiger partial charge on any atom is 0.274 e. The predicted molar refractivity (Wildman–Crippen MR) is 79.6 cm³/mol. The highest BCUT2D eigenvalue weighted by molar-refractivity contribution is 5.98. The van der Waals surface area contributed by atoms with Gasteiger partial charge in [-0.1, -0.05) is 6.92 Å². The Morgan fingerprint density at radius 2 is 2.10 bits per heavy atom. The lowest BCUT2D eigenvalue weighted by Crippen LogP contribution is -2.44. The molecule has 1 aliphatic heterocycles. The normalized spacial score (nSPS) is 21.0. The number of likely N-dealkylation sites (N-methyl/N-ethyl adjacent to an activating group) is 1. The first-order valence-electron chi connectivity index (χ1n) is 7.24. The van der Waals surface area contributed by atoms with Gasteiger partial charge >= 0.3 is 0 Å². The molecule has 1 fully saturated rings. The fourth-order valence-corrected chi connectivity index (χ4v) is 2.92. The van der Waals surface area contributed by atoms with Crippen LogP contribution in [0, 0.1) is 6.92 Å². The second-order valence-electron chi connectivity index (χ2n) is 5.65. The first kappa shape index (κ1) is 14.8. The summed E-state index contributed by atoms with van der Waals surface area (Å²) in [6, 6.07) is 0.240. The van der Waals surface area contributed by atoms with Crippen molar-refractivity contribution in [3.05, 3.63) is 11.4 Å². The van der Waals surface area contributed by atoms with E-state index in [2.05, 4.69) is 24.0 Å². The lowest BCUT2D eigenvalue weighted by Gasteiger charge is -2.30. The van der Waals surface area contributed by atoms with Crippen molar-refractivity contribution in [1.82, 2.24) is 19.6 Å². The van der Waals surface area contributed by atoms with E-state index in [1.807, 2.05) is 11.8 Å². The van der Waals surface area contributed by atoms with Crippen molar-refractivity contribution in [3.63, 3.8) is 0 Å². The van der Waals surface area contributed by atoms with Gasteiger partial charge in [0.15, 0.2) is 0 Å². The van der Waals surface area contributed by atoms with Gasteiger partial charge in [-0.25, -0.2) is 0 Å². The van der Waals surface area contributed by atoms with Crippen molar-refractivity contribution < 1.29 is 4.79 Å². The maximum atomic E-state index is 12.9. The molecular formula is C14H25N5O. The zero-order valence-corrected chi connectivity index (χ0v) is 12.9. The third kappa shape index (κ3) is 2.65. The van der Waals surface area contributed by atoms with Gasteiger partial charge < -0.3 is 15.5 Å². The number of hydrogen-bond donors (Lipinski definition) is 1. The number of carbonyl (C=O) groups is 1. The standard InChI is InChI=1S/C14H25N5O/c1-5-11-9-17(3)7-6-8-19(11)14(20)13-12(15)10(2)16-18(13)4/h11H,5-9,15H2,1-4H3. The molecule has 1 aromatic rings. The molecule has 1 atom stereocenters. The fraction of sp³-hybridized carbons (Fsp3) is 0.714. The molecule has 0 aromatic carbocycles. The molecule has 0 saturated carbocycles. The molecule has 1 aromatic heterocycles. The van der Waals surface area contributed by atoms with Gasteiger partial charge in [0.2, 0.25) is 0 Å². The molecule has 1 saturated heterocycles. The van der Waals surface area contributed by atoms with E-state index < -0.39 is 0 Å². The van der Waals surface area contributed by atoms with Crippen LogP contribution in [-0.2, 0) is 7.05 Å². The Bertz CT molecular complexity index is 496. The average molecular weight is 279 g/mol. The van der Waals surface area contributed by atoms with E-state index in [9.17, 15) is 4.79 Å². The minimum atomic E-state index is 0.00718. The summed E-state index contributed by atoms with van der Waals surface area (Å²) in [4.78, 5) is 17.1. The number of nitrogens with two attached hydrogens (primary N) is 1. The minimum Gasteiger partial charge on any atom is -0.395 e. The maximum absolute atomic E-state index is 12.9. The molecule has 0 spiro atoms. The zero-order valence-electron chi connectivity index (χ0n) is 12.9. The highest BCUT2D eigenvalue weighted by Crippen LogP contribution is 2.21. The largest absolute Gasteiger partial charge is 0.395 e. The molecule has 2 rings (SSSR count). The number of rotatable bonds is 2. The Kier molecular flexibility index (Phi) is 4.32. The Morgan fingerprint density at radius 1 is 1.40 bits per heavy atom. The molecule has 20 heavy (non-hydrogen) atoms. The molecule has 0 bridgehead atoms. The van der Waals surface area contributed by atoms with Gasteiger partial charge in [0.25, 0.3) is 5.91 Å². The van der Waals surface area contributed by atoms with Crippen LogP contribution in [-0.4, -0.2) is 58.2 Å². The van der Waals surface area contributed by atoms with Crippen LogP contribution in [0.2, 0.25) is 0 Å². The van der Waals surface area contributed by atoms with Crippen molar-refractivity contribution in [2.45, 2.75) is 32.7 Å². The predicted octanol–water partition coefficient (Wildman–Crippen LogP) is 0.867. The fourth-order valence-electron chi connectivity index (χ4n) is 2.92. The number of aromatic nitrogens is 2. The molecule has 1 aliphatic rings. The number of aryl methyl sites for hydroxylation is 2. The van der Waals surface area contributed by atoms with Crippen molar-refractivity contribution in [2.75, 3.05) is 32.4 Å². The van der Waals surface area contributed by atoms with Crippen LogP contribution in [0.3, 0.4) is 0 Å². The monoisotopic (exact) mass is 279 g/mol. The number of nitrogen functional groups attached to an aromatic ring is 1. The molecule has 6 heteroatoms. The van der Waals surface area contributed by atoms with Crippen LogP contribution in [0.5, 0.6) is 0 Å². The quantitative estimate of drug-likeness (QED) is 0.872. The summed E-state index contributed by atoms with van der Waals surface area (Å²) in [5, 5.41) is 4.25. The molecular weight excluding hydrogens is 254 g/mol. The molecule has 6 nitrogen and oxygen atoms in total. The third-order valence-electron chi connectivity index (χ3n) is 4.11. The average Bonchev–Trinajstić information content (AvgIpc) is 2.57. The van der Waals surface area contributed by atoms with E-state index in [-0.39, 0.29) is 11.9 Å². The first-order valence-corrected chi connectivity index (χ1v) is 7.24. The van der Waals surface area contributed by atoms with E-state index in [1.54, 1.807) is 11.7 Å². The Hall–Kier alpha value is -1.56. The smallest absolute Gasteiger partial charge is 0.274 e. The van der Waals surface area contributed by atoms with Gasteiger partial charge in [0.05, 0.1) is 11.4 Å². The second kappa shape index (κ2) is 5.83. The number of carbonyl (C=O) groups excluding carboxylic acids is 1. The Balaban J connectivity index is 2.30. The van der Waals surface area contributed by atoms with E-state index in [0.29, 0.717) is 11.4 Å². The van der Waals surface area contributed by atoms with Gasteiger partial charge in [-0.2, -0.15) is 5.10 Å². The summed E-state index contributed by atoms with van der Waals surface area (Å²) >= 11 is 0. The van der Waals surface area contributed by atoms with Crippen molar-refractivity contribution in [1.29, 1.82) is 0 Å². The summed E-state index contributed by atoms with van der Waals surface area (Å²) in [5.41, 5.74) is 7.76. The second-order valence-corrected chi connectivity index (χ2v) is 5.65. The van der Waals surface area contributed by atoms with Crippen LogP contribution in [0.4, 0.5) is 5.69 Å². The van der Waals surface area contributed by atoms with Crippen molar-refractivity contribution in [3.8, 4) is 0 Å². The summed E-state index contributed by atoms with van der Waals surface area (Å²) in [5.74, 6) is 0.00718. The molecule has 1 amide bonds. The van der Waals surface area contributed by atoms with Crippen molar-refractivity contribution in [2.24, 2.45) is 7.05 Å². The molecule has 112 valence electrons. The Labute approximate surface area is 120 Å². The van der Waals surface area contributed by atoms with Gasteiger partial charge in [-0.15, -0.1) is 0 Å². The van der Waals surface area contributed by atoms with Crippen LogP contribution >= 0.6 is 0 Å². The minimum absolute atomic E-state index is 0.00718.